The Labute approximate surface area is 171 Å². The van der Waals surface area contributed by atoms with E-state index in [0.29, 0.717) is 41.8 Å². The van der Waals surface area contributed by atoms with E-state index in [4.69, 9.17) is 9.47 Å². The van der Waals surface area contributed by atoms with Crippen molar-refractivity contribution in [2.75, 3.05) is 19.0 Å². The van der Waals surface area contributed by atoms with Crippen LogP contribution in [0.25, 0.3) is 0 Å². The largest absolute Gasteiger partial charge is 0.497 e. The summed E-state index contributed by atoms with van der Waals surface area (Å²) in [5.74, 6) is 1.58. The fraction of sp³-hybridized carbons (Fsp3) is 0.391. The molecule has 0 spiro atoms. The molecule has 0 aliphatic carbocycles. The average molecular weight is 396 g/mol. The number of carbonyl (C=O) groups is 2. The first-order chi connectivity index (χ1) is 13.9. The van der Waals surface area contributed by atoms with Crippen LogP contribution in [0.2, 0.25) is 0 Å². The topological polar surface area (TPSA) is 67.9 Å². The molecule has 0 saturated heterocycles. The molecular weight excluding hydrogens is 368 g/mol. The van der Waals surface area contributed by atoms with E-state index in [2.05, 4.69) is 19.2 Å². The molecule has 29 heavy (non-hydrogen) atoms. The molecule has 0 bridgehead atoms. The Kier molecular flexibility index (Phi) is 6.42. The summed E-state index contributed by atoms with van der Waals surface area (Å²) in [6.45, 7) is 7.21. The maximum absolute atomic E-state index is 12.7. The van der Waals surface area contributed by atoms with E-state index in [-0.39, 0.29) is 11.8 Å². The standard InChI is InChI=1S/C23H28N2O4/c1-15(2)10-11-25-14-18-12-19(8-9-21(18)29-16(3)23(25)27)24-22(26)17-6-5-7-20(13-17)28-4/h5-9,12-13,15-16H,10-11,14H2,1-4H3,(H,24,26)/t16-/m0/s1. The first-order valence-electron chi connectivity index (χ1n) is 9.91. The normalized spacial score (nSPS) is 16.1. The van der Waals surface area contributed by atoms with Crippen LogP contribution in [-0.2, 0) is 11.3 Å². The summed E-state index contributed by atoms with van der Waals surface area (Å²) in [4.78, 5) is 27.1. The Morgan fingerprint density at radius 3 is 2.79 bits per heavy atom. The van der Waals surface area contributed by atoms with Crippen molar-refractivity contribution in [1.82, 2.24) is 4.90 Å². The van der Waals surface area contributed by atoms with Gasteiger partial charge < -0.3 is 19.7 Å². The van der Waals surface area contributed by atoms with Gasteiger partial charge in [0.25, 0.3) is 11.8 Å². The summed E-state index contributed by atoms with van der Waals surface area (Å²) < 4.78 is 11.0. The minimum Gasteiger partial charge on any atom is -0.497 e. The third-order valence-electron chi connectivity index (χ3n) is 4.95. The van der Waals surface area contributed by atoms with Crippen molar-refractivity contribution < 1.29 is 19.1 Å². The Balaban J connectivity index is 1.79. The van der Waals surface area contributed by atoms with Crippen molar-refractivity contribution >= 4 is 17.5 Å². The summed E-state index contributed by atoms with van der Waals surface area (Å²) in [5, 5.41) is 2.91. The number of benzene rings is 2. The zero-order valence-corrected chi connectivity index (χ0v) is 17.4. The molecule has 3 rings (SSSR count). The van der Waals surface area contributed by atoms with Gasteiger partial charge in [-0.05, 0) is 55.7 Å². The molecule has 2 amide bonds. The maximum atomic E-state index is 12.7. The molecule has 0 saturated carbocycles. The molecule has 1 heterocycles. The van der Waals surface area contributed by atoms with Gasteiger partial charge in [0.2, 0.25) is 0 Å². The van der Waals surface area contributed by atoms with E-state index in [9.17, 15) is 9.59 Å². The second kappa shape index (κ2) is 8.99. The SMILES string of the molecule is COc1cccc(C(=O)Nc2ccc3c(c2)CN(CCC(C)C)C(=O)[C@H](C)O3)c1. The number of hydrogen-bond donors (Lipinski definition) is 1. The number of rotatable bonds is 6. The highest BCUT2D eigenvalue weighted by atomic mass is 16.5. The third-order valence-corrected chi connectivity index (χ3v) is 4.95. The lowest BCUT2D eigenvalue weighted by Gasteiger charge is -2.23. The van der Waals surface area contributed by atoms with Gasteiger partial charge in [0.1, 0.15) is 11.5 Å². The summed E-state index contributed by atoms with van der Waals surface area (Å²) in [5.41, 5.74) is 2.05. The first kappa shape index (κ1) is 20.7. The first-order valence-corrected chi connectivity index (χ1v) is 9.91. The molecule has 1 aliphatic heterocycles. The fourth-order valence-corrected chi connectivity index (χ4v) is 3.25. The van der Waals surface area contributed by atoms with Crippen molar-refractivity contribution in [3.63, 3.8) is 0 Å². The van der Waals surface area contributed by atoms with E-state index >= 15 is 0 Å². The van der Waals surface area contributed by atoms with Crippen molar-refractivity contribution in [1.29, 1.82) is 0 Å². The molecule has 154 valence electrons. The highest BCUT2D eigenvalue weighted by molar-refractivity contribution is 6.04. The fourth-order valence-electron chi connectivity index (χ4n) is 3.25. The molecule has 2 aromatic rings. The number of hydrogen-bond acceptors (Lipinski definition) is 4. The van der Waals surface area contributed by atoms with E-state index in [1.807, 2.05) is 17.0 Å². The van der Waals surface area contributed by atoms with Gasteiger partial charge in [-0.3, -0.25) is 9.59 Å². The molecule has 0 unspecified atom stereocenters. The van der Waals surface area contributed by atoms with E-state index in [1.165, 1.54) is 0 Å². The van der Waals surface area contributed by atoms with Crippen LogP contribution in [0, 0.1) is 5.92 Å². The van der Waals surface area contributed by atoms with Crippen LogP contribution in [0.1, 0.15) is 43.1 Å². The van der Waals surface area contributed by atoms with Gasteiger partial charge in [0.15, 0.2) is 6.10 Å². The van der Waals surface area contributed by atoms with Crippen molar-refractivity contribution in [3.8, 4) is 11.5 Å². The van der Waals surface area contributed by atoms with Crippen LogP contribution in [0.3, 0.4) is 0 Å². The van der Waals surface area contributed by atoms with E-state index in [0.717, 1.165) is 12.0 Å². The molecule has 6 heteroatoms. The number of methoxy groups -OCH3 is 1. The highest BCUT2D eigenvalue weighted by Crippen LogP contribution is 2.29. The number of ether oxygens (including phenoxy) is 2. The van der Waals surface area contributed by atoms with Gasteiger partial charge in [-0.2, -0.15) is 0 Å². The van der Waals surface area contributed by atoms with Crippen LogP contribution in [-0.4, -0.2) is 36.5 Å². The molecule has 0 fully saturated rings. The smallest absolute Gasteiger partial charge is 0.263 e. The zero-order valence-electron chi connectivity index (χ0n) is 17.4. The molecule has 1 N–H and O–H groups in total. The zero-order chi connectivity index (χ0) is 21.0. The molecule has 6 nitrogen and oxygen atoms in total. The van der Waals surface area contributed by atoms with Gasteiger partial charge in [-0.25, -0.2) is 0 Å². The van der Waals surface area contributed by atoms with Gasteiger partial charge in [0, 0.05) is 29.9 Å². The maximum Gasteiger partial charge on any atom is 0.263 e. The molecule has 0 aromatic heterocycles. The van der Waals surface area contributed by atoms with Crippen LogP contribution < -0.4 is 14.8 Å². The summed E-state index contributed by atoms with van der Waals surface area (Å²) in [7, 11) is 1.57. The monoisotopic (exact) mass is 396 g/mol. The quantitative estimate of drug-likeness (QED) is 0.798. The number of nitrogens with zero attached hydrogens (tertiary/aromatic N) is 1. The lowest BCUT2D eigenvalue weighted by molar-refractivity contribution is -0.137. The van der Waals surface area contributed by atoms with Crippen LogP contribution in [0.15, 0.2) is 42.5 Å². The van der Waals surface area contributed by atoms with Crippen molar-refractivity contribution in [3.05, 3.63) is 53.6 Å². The minimum atomic E-state index is -0.527. The second-order valence-corrected chi connectivity index (χ2v) is 7.71. The number of fused-ring (bicyclic) bond motifs is 1. The number of nitrogens with one attached hydrogen (secondary N) is 1. The summed E-state index contributed by atoms with van der Waals surface area (Å²) in [6.07, 6.45) is 0.403. The molecule has 1 aliphatic rings. The Morgan fingerprint density at radius 2 is 2.07 bits per heavy atom. The third kappa shape index (κ3) is 5.08. The van der Waals surface area contributed by atoms with Crippen LogP contribution in [0.5, 0.6) is 11.5 Å². The minimum absolute atomic E-state index is 0.0104. The Morgan fingerprint density at radius 1 is 1.28 bits per heavy atom. The lowest BCUT2D eigenvalue weighted by Crippen LogP contribution is -2.38. The molecule has 1 atom stereocenters. The van der Waals surface area contributed by atoms with Gasteiger partial charge in [-0.15, -0.1) is 0 Å². The van der Waals surface area contributed by atoms with Crippen molar-refractivity contribution in [2.24, 2.45) is 5.92 Å². The molecular formula is C23H28N2O4. The van der Waals surface area contributed by atoms with Crippen LogP contribution >= 0.6 is 0 Å². The van der Waals surface area contributed by atoms with Crippen LogP contribution in [0.4, 0.5) is 5.69 Å². The predicted molar refractivity (Wildman–Crippen MR) is 112 cm³/mol. The highest BCUT2D eigenvalue weighted by Gasteiger charge is 2.28. The Hall–Kier alpha value is -3.02. The second-order valence-electron chi connectivity index (χ2n) is 7.71. The number of amides is 2. The Bertz CT molecular complexity index is 894. The predicted octanol–water partition coefficient (Wildman–Crippen LogP) is 4.10. The molecule has 0 radical (unpaired) electrons. The number of carbonyl (C=O) groups excluding carboxylic acids is 2. The van der Waals surface area contributed by atoms with E-state index < -0.39 is 6.10 Å². The van der Waals surface area contributed by atoms with Gasteiger partial charge in [0.05, 0.1) is 7.11 Å². The summed E-state index contributed by atoms with van der Waals surface area (Å²) >= 11 is 0. The van der Waals surface area contributed by atoms with E-state index in [1.54, 1.807) is 44.4 Å². The lowest BCUT2D eigenvalue weighted by atomic mass is 10.1. The summed E-state index contributed by atoms with van der Waals surface area (Å²) in [6, 6.07) is 12.5. The molecule has 2 aromatic carbocycles. The average Bonchev–Trinajstić information content (AvgIpc) is 2.82. The number of anilines is 1. The van der Waals surface area contributed by atoms with Gasteiger partial charge in [-0.1, -0.05) is 19.9 Å². The van der Waals surface area contributed by atoms with Gasteiger partial charge >= 0.3 is 0 Å². The van der Waals surface area contributed by atoms with Crippen molar-refractivity contribution in [2.45, 2.75) is 39.8 Å².